The third kappa shape index (κ3) is 5.66. The number of aliphatic imine (C=N–C) groups is 1. The summed E-state index contributed by atoms with van der Waals surface area (Å²) >= 11 is 0. The number of benzene rings is 1. The van der Waals surface area contributed by atoms with Crippen LogP contribution in [0.2, 0.25) is 0 Å². The molecule has 2 rings (SSSR count). The number of nitrogens with one attached hydrogen (secondary N) is 2. The smallest absolute Gasteiger partial charge is 0.269 e. The molecule has 0 spiro atoms. The summed E-state index contributed by atoms with van der Waals surface area (Å²) in [5.74, 6) is 0.689. The van der Waals surface area contributed by atoms with Crippen LogP contribution in [0.25, 0.3) is 0 Å². The van der Waals surface area contributed by atoms with Crippen molar-refractivity contribution >= 4 is 11.6 Å². The predicted molar refractivity (Wildman–Crippen MR) is 93.8 cm³/mol. The number of rotatable bonds is 6. The Morgan fingerprint density at radius 3 is 2.58 bits per heavy atom. The molecule has 0 bridgehead atoms. The lowest BCUT2D eigenvalue weighted by Crippen LogP contribution is -2.45. The van der Waals surface area contributed by atoms with Gasteiger partial charge in [-0.15, -0.1) is 6.58 Å². The summed E-state index contributed by atoms with van der Waals surface area (Å²) in [7, 11) is 0. The Hall–Kier alpha value is -2.41. The fourth-order valence-corrected chi connectivity index (χ4v) is 2.63. The maximum atomic E-state index is 10.7. The van der Waals surface area contributed by atoms with E-state index in [1.807, 2.05) is 0 Å². The van der Waals surface area contributed by atoms with Crippen molar-refractivity contribution in [1.82, 2.24) is 10.6 Å². The van der Waals surface area contributed by atoms with Crippen LogP contribution in [0.5, 0.6) is 0 Å². The SMILES string of the molecule is C=CCNC(=NCc1ccc([N+](=O)[O-])cc1)NC1CCC(O)CC1. The number of aliphatic hydroxyl groups is 1. The molecular weight excluding hydrogens is 308 g/mol. The largest absolute Gasteiger partial charge is 0.393 e. The van der Waals surface area contributed by atoms with Gasteiger partial charge in [0.25, 0.3) is 5.69 Å². The normalized spacial score (nSPS) is 21.1. The summed E-state index contributed by atoms with van der Waals surface area (Å²) < 4.78 is 0. The van der Waals surface area contributed by atoms with Crippen molar-refractivity contribution < 1.29 is 10.0 Å². The van der Waals surface area contributed by atoms with E-state index in [4.69, 9.17) is 0 Å². The van der Waals surface area contributed by atoms with Crippen LogP contribution in [-0.2, 0) is 6.54 Å². The molecule has 1 fully saturated rings. The fraction of sp³-hybridized carbons (Fsp3) is 0.471. The van der Waals surface area contributed by atoms with E-state index in [0.717, 1.165) is 31.2 Å². The molecule has 0 amide bonds. The summed E-state index contributed by atoms with van der Waals surface area (Å²) in [4.78, 5) is 14.8. The molecule has 7 heteroatoms. The Bertz CT molecular complexity index is 578. The number of non-ortho nitro benzene ring substituents is 1. The maximum absolute atomic E-state index is 10.7. The quantitative estimate of drug-likeness (QED) is 0.244. The zero-order valence-corrected chi connectivity index (χ0v) is 13.6. The summed E-state index contributed by atoms with van der Waals surface area (Å²) in [6.45, 7) is 4.72. The van der Waals surface area contributed by atoms with Gasteiger partial charge in [0.15, 0.2) is 5.96 Å². The average molecular weight is 332 g/mol. The van der Waals surface area contributed by atoms with E-state index < -0.39 is 4.92 Å². The first-order valence-corrected chi connectivity index (χ1v) is 8.15. The maximum Gasteiger partial charge on any atom is 0.269 e. The minimum absolute atomic E-state index is 0.0756. The molecule has 0 aliphatic heterocycles. The molecule has 3 N–H and O–H groups in total. The van der Waals surface area contributed by atoms with Gasteiger partial charge in [0, 0.05) is 24.7 Å². The average Bonchev–Trinajstić information content (AvgIpc) is 2.59. The van der Waals surface area contributed by atoms with Gasteiger partial charge in [-0.1, -0.05) is 18.2 Å². The molecule has 0 heterocycles. The van der Waals surface area contributed by atoms with Crippen LogP contribution in [0.3, 0.4) is 0 Å². The number of guanidine groups is 1. The molecule has 0 radical (unpaired) electrons. The zero-order chi connectivity index (χ0) is 17.4. The molecule has 0 aromatic heterocycles. The van der Waals surface area contributed by atoms with Gasteiger partial charge in [0.05, 0.1) is 17.6 Å². The van der Waals surface area contributed by atoms with Crippen molar-refractivity contribution in [3.63, 3.8) is 0 Å². The van der Waals surface area contributed by atoms with Gasteiger partial charge in [-0.05, 0) is 31.2 Å². The standard InChI is InChI=1S/C17H24N4O3/c1-2-11-18-17(20-14-5-9-16(22)10-6-14)19-12-13-3-7-15(8-4-13)21(23)24/h2-4,7-8,14,16,22H,1,5-6,9-12H2,(H2,18,19,20). The molecule has 0 unspecified atom stereocenters. The summed E-state index contributed by atoms with van der Waals surface area (Å²) in [5, 5.41) is 26.8. The van der Waals surface area contributed by atoms with Crippen LogP contribution < -0.4 is 10.6 Å². The third-order valence-electron chi connectivity index (χ3n) is 4.02. The van der Waals surface area contributed by atoms with Gasteiger partial charge >= 0.3 is 0 Å². The van der Waals surface area contributed by atoms with E-state index >= 15 is 0 Å². The van der Waals surface area contributed by atoms with Gasteiger partial charge in [0.2, 0.25) is 0 Å². The van der Waals surface area contributed by atoms with Crippen LogP contribution in [0.1, 0.15) is 31.2 Å². The highest BCUT2D eigenvalue weighted by atomic mass is 16.6. The highest BCUT2D eigenvalue weighted by Crippen LogP contribution is 2.18. The monoisotopic (exact) mass is 332 g/mol. The lowest BCUT2D eigenvalue weighted by Gasteiger charge is -2.27. The van der Waals surface area contributed by atoms with E-state index in [-0.39, 0.29) is 11.8 Å². The van der Waals surface area contributed by atoms with E-state index in [1.54, 1.807) is 18.2 Å². The number of hydrogen-bond donors (Lipinski definition) is 3. The molecule has 1 aliphatic carbocycles. The molecule has 1 aliphatic rings. The minimum Gasteiger partial charge on any atom is -0.393 e. The van der Waals surface area contributed by atoms with E-state index in [1.165, 1.54) is 12.1 Å². The number of hydrogen-bond acceptors (Lipinski definition) is 4. The first-order chi connectivity index (χ1) is 11.6. The fourth-order valence-electron chi connectivity index (χ4n) is 2.63. The second-order valence-corrected chi connectivity index (χ2v) is 5.91. The summed E-state index contributed by atoms with van der Waals surface area (Å²) in [6, 6.07) is 6.68. The van der Waals surface area contributed by atoms with Gasteiger partial charge in [-0.25, -0.2) is 4.99 Å². The number of nitro groups is 1. The number of aliphatic hydroxyl groups excluding tert-OH is 1. The van der Waals surface area contributed by atoms with Crippen molar-refractivity contribution in [2.75, 3.05) is 6.54 Å². The first-order valence-electron chi connectivity index (χ1n) is 8.15. The second kappa shape index (κ2) is 9.02. The van der Waals surface area contributed by atoms with Crippen LogP contribution in [-0.4, -0.2) is 34.7 Å². The molecule has 1 saturated carbocycles. The highest BCUT2D eigenvalue weighted by Gasteiger charge is 2.19. The van der Waals surface area contributed by atoms with Gasteiger partial charge in [-0.2, -0.15) is 0 Å². The number of nitrogens with zero attached hydrogens (tertiary/aromatic N) is 2. The van der Waals surface area contributed by atoms with Crippen molar-refractivity contribution in [2.45, 2.75) is 44.4 Å². The Balaban J connectivity index is 1.96. The molecule has 24 heavy (non-hydrogen) atoms. The van der Waals surface area contributed by atoms with E-state index in [9.17, 15) is 15.2 Å². The highest BCUT2D eigenvalue weighted by molar-refractivity contribution is 5.80. The molecule has 0 saturated heterocycles. The van der Waals surface area contributed by atoms with Gasteiger partial charge < -0.3 is 15.7 Å². The molecule has 1 aromatic carbocycles. The molecule has 130 valence electrons. The molecule has 7 nitrogen and oxygen atoms in total. The third-order valence-corrected chi connectivity index (χ3v) is 4.02. The predicted octanol–water partition coefficient (Wildman–Crippen LogP) is 2.12. The Morgan fingerprint density at radius 2 is 2.00 bits per heavy atom. The van der Waals surface area contributed by atoms with Crippen LogP contribution in [0, 0.1) is 10.1 Å². The minimum atomic E-state index is -0.414. The summed E-state index contributed by atoms with van der Waals surface area (Å²) in [5.41, 5.74) is 0.978. The summed E-state index contributed by atoms with van der Waals surface area (Å²) in [6.07, 6.45) is 4.99. The van der Waals surface area contributed by atoms with Crippen molar-refractivity contribution in [3.8, 4) is 0 Å². The van der Waals surface area contributed by atoms with Gasteiger partial charge in [0.1, 0.15) is 0 Å². The number of nitro benzene ring substituents is 1. The first kappa shape index (κ1) is 17.9. The molecular formula is C17H24N4O3. The Morgan fingerprint density at radius 1 is 1.33 bits per heavy atom. The van der Waals surface area contributed by atoms with Crippen LogP contribution in [0.4, 0.5) is 5.69 Å². The lowest BCUT2D eigenvalue weighted by atomic mass is 9.93. The Kier molecular flexibility index (Phi) is 6.74. The van der Waals surface area contributed by atoms with E-state index in [2.05, 4.69) is 22.2 Å². The van der Waals surface area contributed by atoms with Crippen LogP contribution in [0.15, 0.2) is 41.9 Å². The molecule has 0 atom stereocenters. The van der Waals surface area contributed by atoms with Gasteiger partial charge in [-0.3, -0.25) is 10.1 Å². The van der Waals surface area contributed by atoms with Crippen molar-refractivity contribution in [1.29, 1.82) is 0 Å². The second-order valence-electron chi connectivity index (χ2n) is 5.91. The van der Waals surface area contributed by atoms with Crippen molar-refractivity contribution in [2.24, 2.45) is 4.99 Å². The molecule has 1 aromatic rings. The van der Waals surface area contributed by atoms with Crippen LogP contribution >= 0.6 is 0 Å². The zero-order valence-electron chi connectivity index (χ0n) is 13.6. The van der Waals surface area contributed by atoms with E-state index in [0.29, 0.717) is 25.1 Å². The lowest BCUT2D eigenvalue weighted by molar-refractivity contribution is -0.384. The Labute approximate surface area is 141 Å². The topological polar surface area (TPSA) is 99.8 Å². The van der Waals surface area contributed by atoms with Crippen molar-refractivity contribution in [3.05, 3.63) is 52.6 Å².